The molecule has 1 heterocycles. The molecule has 1 atom stereocenters. The highest BCUT2D eigenvalue weighted by molar-refractivity contribution is 5.89. The number of aromatic carboxylic acids is 1. The maximum atomic E-state index is 11.3. The first-order valence-electron chi connectivity index (χ1n) is 10.6. The SMILES string of the molecule is O=C(O)c1ccccc1COc1ccc(CCC(O)N2CCc3ccccc3C2)cc1. The molecule has 5 nitrogen and oxygen atoms in total. The Morgan fingerprint density at radius 2 is 1.68 bits per heavy atom. The van der Waals surface area contributed by atoms with Gasteiger partial charge in [-0.15, -0.1) is 0 Å². The number of carbonyl (C=O) groups is 1. The number of aryl methyl sites for hydroxylation is 1. The summed E-state index contributed by atoms with van der Waals surface area (Å²) in [5.41, 5.74) is 4.72. The van der Waals surface area contributed by atoms with Gasteiger partial charge in [0.25, 0.3) is 0 Å². The van der Waals surface area contributed by atoms with Crippen LogP contribution in [0.3, 0.4) is 0 Å². The molecule has 3 aromatic rings. The van der Waals surface area contributed by atoms with Crippen molar-refractivity contribution in [1.29, 1.82) is 0 Å². The number of hydrogen-bond acceptors (Lipinski definition) is 4. The van der Waals surface area contributed by atoms with E-state index in [1.165, 1.54) is 11.1 Å². The Bertz CT molecular complexity index is 1030. The van der Waals surface area contributed by atoms with E-state index in [9.17, 15) is 15.0 Å². The van der Waals surface area contributed by atoms with Gasteiger partial charge in [0.15, 0.2) is 0 Å². The maximum Gasteiger partial charge on any atom is 0.336 e. The van der Waals surface area contributed by atoms with E-state index in [0.717, 1.165) is 31.5 Å². The van der Waals surface area contributed by atoms with Crippen molar-refractivity contribution < 1.29 is 19.7 Å². The molecular formula is C26H27NO4. The van der Waals surface area contributed by atoms with E-state index >= 15 is 0 Å². The number of rotatable bonds is 8. The van der Waals surface area contributed by atoms with Crippen LogP contribution in [-0.4, -0.2) is 33.9 Å². The van der Waals surface area contributed by atoms with Gasteiger partial charge in [0, 0.05) is 18.7 Å². The Labute approximate surface area is 182 Å². The topological polar surface area (TPSA) is 70.0 Å². The standard InChI is InChI=1S/C26H27NO4/c28-25(27-16-15-20-5-1-2-6-21(20)17-27)14-11-19-9-12-23(13-10-19)31-18-22-7-3-4-8-24(22)26(29)30/h1-10,12-13,25,28H,11,14-18H2,(H,29,30). The third-order valence-electron chi connectivity index (χ3n) is 5.84. The summed E-state index contributed by atoms with van der Waals surface area (Å²) in [4.78, 5) is 13.4. The average Bonchev–Trinajstić information content (AvgIpc) is 2.81. The molecule has 1 aliphatic heterocycles. The molecule has 0 saturated carbocycles. The van der Waals surface area contributed by atoms with Crippen molar-refractivity contribution in [3.8, 4) is 5.75 Å². The predicted octanol–water partition coefficient (Wildman–Crippen LogP) is 4.27. The molecule has 1 unspecified atom stereocenters. The summed E-state index contributed by atoms with van der Waals surface area (Å²) in [5, 5.41) is 19.9. The van der Waals surface area contributed by atoms with Gasteiger partial charge < -0.3 is 14.9 Å². The Morgan fingerprint density at radius 3 is 2.45 bits per heavy atom. The first-order valence-corrected chi connectivity index (χ1v) is 10.6. The van der Waals surface area contributed by atoms with Crippen LogP contribution >= 0.6 is 0 Å². The fourth-order valence-electron chi connectivity index (χ4n) is 4.02. The Balaban J connectivity index is 1.28. The maximum absolute atomic E-state index is 11.3. The van der Waals surface area contributed by atoms with Crippen molar-refractivity contribution in [3.05, 3.63) is 101 Å². The van der Waals surface area contributed by atoms with Crippen LogP contribution in [0.4, 0.5) is 0 Å². The molecule has 0 amide bonds. The number of carboxylic acid groups (broad SMARTS) is 1. The van der Waals surface area contributed by atoms with Crippen LogP contribution in [0.5, 0.6) is 5.75 Å². The minimum absolute atomic E-state index is 0.205. The Morgan fingerprint density at radius 1 is 0.968 bits per heavy atom. The third-order valence-corrected chi connectivity index (χ3v) is 5.84. The van der Waals surface area contributed by atoms with E-state index in [2.05, 4.69) is 29.2 Å². The molecule has 3 aromatic carbocycles. The monoisotopic (exact) mass is 417 g/mol. The lowest BCUT2D eigenvalue weighted by molar-refractivity contribution is -0.0111. The zero-order valence-electron chi connectivity index (χ0n) is 17.4. The summed E-state index contributed by atoms with van der Waals surface area (Å²) in [6.07, 6.45) is 1.97. The highest BCUT2D eigenvalue weighted by atomic mass is 16.5. The summed E-state index contributed by atoms with van der Waals surface area (Å²) >= 11 is 0. The normalized spacial score (nSPS) is 14.6. The van der Waals surface area contributed by atoms with E-state index < -0.39 is 12.2 Å². The molecule has 4 rings (SSSR count). The van der Waals surface area contributed by atoms with Gasteiger partial charge in [-0.2, -0.15) is 0 Å². The van der Waals surface area contributed by atoms with E-state index in [-0.39, 0.29) is 12.2 Å². The smallest absolute Gasteiger partial charge is 0.336 e. The number of aliphatic hydroxyl groups is 1. The van der Waals surface area contributed by atoms with E-state index in [4.69, 9.17) is 4.74 Å². The van der Waals surface area contributed by atoms with Crippen molar-refractivity contribution >= 4 is 5.97 Å². The molecule has 160 valence electrons. The van der Waals surface area contributed by atoms with Gasteiger partial charge in [0.05, 0.1) is 5.56 Å². The van der Waals surface area contributed by atoms with Crippen molar-refractivity contribution in [2.24, 2.45) is 0 Å². The first kappa shape index (κ1) is 21.1. The average molecular weight is 418 g/mol. The van der Waals surface area contributed by atoms with Crippen LogP contribution in [0.1, 0.15) is 39.0 Å². The molecular weight excluding hydrogens is 390 g/mol. The molecule has 0 bridgehead atoms. The van der Waals surface area contributed by atoms with Gasteiger partial charge in [-0.1, -0.05) is 54.6 Å². The quantitative estimate of drug-likeness (QED) is 0.573. The van der Waals surface area contributed by atoms with Crippen molar-refractivity contribution in [1.82, 2.24) is 4.90 Å². The fourth-order valence-corrected chi connectivity index (χ4v) is 4.02. The van der Waals surface area contributed by atoms with Crippen LogP contribution in [-0.2, 0) is 26.0 Å². The summed E-state index contributed by atoms with van der Waals surface area (Å²) in [7, 11) is 0. The number of ether oxygens (including phenoxy) is 1. The molecule has 1 aliphatic rings. The molecule has 0 radical (unpaired) electrons. The van der Waals surface area contributed by atoms with Crippen LogP contribution in [0.15, 0.2) is 72.8 Å². The minimum atomic E-state index is -0.953. The van der Waals surface area contributed by atoms with Gasteiger partial charge in [-0.05, 0) is 54.2 Å². The lowest BCUT2D eigenvalue weighted by Gasteiger charge is -2.32. The molecule has 0 fully saturated rings. The van der Waals surface area contributed by atoms with Crippen LogP contribution in [0.25, 0.3) is 0 Å². The van der Waals surface area contributed by atoms with Gasteiger partial charge in [-0.3, -0.25) is 4.90 Å². The Hall–Kier alpha value is -3.15. The van der Waals surface area contributed by atoms with Gasteiger partial charge in [0.2, 0.25) is 0 Å². The fraction of sp³-hybridized carbons (Fsp3) is 0.269. The Kier molecular flexibility index (Phi) is 6.65. The summed E-state index contributed by atoms with van der Waals surface area (Å²) < 4.78 is 5.77. The predicted molar refractivity (Wildman–Crippen MR) is 119 cm³/mol. The van der Waals surface area contributed by atoms with Crippen LogP contribution in [0.2, 0.25) is 0 Å². The largest absolute Gasteiger partial charge is 0.489 e. The summed E-state index contributed by atoms with van der Waals surface area (Å²) in [6, 6.07) is 23.1. The molecule has 0 aromatic heterocycles. The van der Waals surface area contributed by atoms with E-state index in [0.29, 0.717) is 17.7 Å². The second kappa shape index (κ2) is 9.77. The van der Waals surface area contributed by atoms with Crippen LogP contribution < -0.4 is 4.74 Å². The number of benzene rings is 3. The van der Waals surface area contributed by atoms with Crippen molar-refractivity contribution in [2.45, 2.75) is 38.6 Å². The molecule has 0 aliphatic carbocycles. The second-order valence-corrected chi connectivity index (χ2v) is 7.90. The number of nitrogens with zero attached hydrogens (tertiary/aromatic N) is 1. The van der Waals surface area contributed by atoms with E-state index in [1.54, 1.807) is 24.3 Å². The van der Waals surface area contributed by atoms with Crippen LogP contribution in [0, 0.1) is 0 Å². The molecule has 5 heteroatoms. The zero-order valence-corrected chi connectivity index (χ0v) is 17.4. The molecule has 0 saturated heterocycles. The number of fused-ring (bicyclic) bond motifs is 1. The second-order valence-electron chi connectivity index (χ2n) is 7.90. The lowest BCUT2D eigenvalue weighted by Crippen LogP contribution is -2.39. The highest BCUT2D eigenvalue weighted by Crippen LogP contribution is 2.22. The number of aliphatic hydroxyl groups excluding tert-OH is 1. The molecule has 2 N–H and O–H groups in total. The number of carboxylic acids is 1. The zero-order chi connectivity index (χ0) is 21.6. The van der Waals surface area contributed by atoms with E-state index in [1.807, 2.05) is 24.3 Å². The summed E-state index contributed by atoms with van der Waals surface area (Å²) in [6.45, 7) is 1.88. The summed E-state index contributed by atoms with van der Waals surface area (Å²) in [5.74, 6) is -0.262. The lowest BCUT2D eigenvalue weighted by atomic mass is 9.99. The highest BCUT2D eigenvalue weighted by Gasteiger charge is 2.21. The minimum Gasteiger partial charge on any atom is -0.489 e. The van der Waals surface area contributed by atoms with Gasteiger partial charge in [-0.25, -0.2) is 4.79 Å². The number of hydrogen-bond donors (Lipinski definition) is 2. The molecule has 0 spiro atoms. The third kappa shape index (κ3) is 5.32. The molecule has 31 heavy (non-hydrogen) atoms. The van der Waals surface area contributed by atoms with Gasteiger partial charge in [0.1, 0.15) is 18.6 Å². The van der Waals surface area contributed by atoms with Crippen molar-refractivity contribution in [3.63, 3.8) is 0 Å². The van der Waals surface area contributed by atoms with Crippen molar-refractivity contribution in [2.75, 3.05) is 6.54 Å². The first-order chi connectivity index (χ1) is 15.1. The van der Waals surface area contributed by atoms with Gasteiger partial charge >= 0.3 is 5.97 Å².